The van der Waals surface area contributed by atoms with Gasteiger partial charge in [0.05, 0.1) is 49.1 Å². The second-order valence-corrected chi connectivity index (χ2v) is 37.1. The summed E-state index contributed by atoms with van der Waals surface area (Å²) in [7, 11) is 5.67. The van der Waals surface area contributed by atoms with Crippen LogP contribution in [0.5, 0.6) is 0 Å². The van der Waals surface area contributed by atoms with E-state index in [0.717, 1.165) is 67.6 Å². The number of imidazole rings is 2. The molecule has 10 rings (SSSR count). The third kappa shape index (κ3) is 43.6. The largest absolute Gasteiger partial charge is 0.383 e. The number of hydrogen-bond donors (Lipinski definition) is 4. The number of primary sulfonamides is 1. The third-order valence-electron chi connectivity index (χ3n) is 20.0. The molecule has 0 radical (unpaired) electrons. The molecule has 1 amide bonds. The molecule has 22 nitrogen and oxygen atoms in total. The summed E-state index contributed by atoms with van der Waals surface area (Å²) in [6.45, 7) is 60.1. The molecule has 4 saturated heterocycles. The molecule has 6 heterocycles. The number of nitrogens with zero attached hydrogens (tertiary/aromatic N) is 11. The van der Waals surface area contributed by atoms with Crippen molar-refractivity contribution in [1.29, 1.82) is 0 Å². The molecule has 0 spiro atoms. The molecule has 0 aliphatic carbocycles. The zero-order valence-corrected chi connectivity index (χ0v) is 78.4. The minimum absolute atomic E-state index is 0.162. The quantitative estimate of drug-likeness (QED) is 0.0554. The van der Waals surface area contributed by atoms with Crippen LogP contribution in [0.1, 0.15) is 251 Å². The van der Waals surface area contributed by atoms with Crippen LogP contribution in [0.15, 0.2) is 132 Å². The highest BCUT2D eigenvalue weighted by molar-refractivity contribution is 7.90. The number of carbonyl (C=O) groups is 1. The Labute approximate surface area is 701 Å². The van der Waals surface area contributed by atoms with E-state index >= 15 is 0 Å². The maximum absolute atomic E-state index is 11.4. The maximum Gasteiger partial charge on any atom is 0.238 e. The van der Waals surface area contributed by atoms with Crippen LogP contribution in [-0.2, 0) is 60.3 Å². The molecule has 0 saturated carbocycles. The van der Waals surface area contributed by atoms with Crippen LogP contribution in [0.4, 0.5) is 0 Å². The second-order valence-electron chi connectivity index (χ2n) is 33.6. The SMILES string of the molecule is CC(C)N1CCCN(C)CC1.CC(C)N1CCCNCC1.CC(C)N1CCOCCC1=O.CC(C)c1ccccc1CN.CC(C)c1ccccc1CN(C)C.CC(C)c1ccccc1S(C)(=O)=O.CC(C)c1ccccc1S(N)(=O)=O.CC(C)n1ccnc1CN.CC(C)n1ccnc1CN(C)C.COCC1CCCN1C(C)C. The van der Waals surface area contributed by atoms with Crippen LogP contribution in [0.2, 0.25) is 0 Å². The van der Waals surface area contributed by atoms with Gasteiger partial charge in [0, 0.05) is 126 Å². The fourth-order valence-corrected chi connectivity index (χ4v) is 15.6. The first-order valence-electron chi connectivity index (χ1n) is 42.3. The predicted molar refractivity (Wildman–Crippen MR) is 484 cm³/mol. The fourth-order valence-electron chi connectivity index (χ4n) is 13.7. The summed E-state index contributed by atoms with van der Waals surface area (Å²) < 4.78 is 59.6. The maximum atomic E-state index is 11.4. The lowest BCUT2D eigenvalue weighted by atomic mass is 9.97. The number of sulfonamides is 1. The van der Waals surface area contributed by atoms with Gasteiger partial charge in [-0.1, -0.05) is 140 Å². The number of nitrogens with two attached hydrogens (primary N) is 3. The Kier molecular flexibility index (Phi) is 54.2. The van der Waals surface area contributed by atoms with Crippen molar-refractivity contribution < 1.29 is 31.1 Å². The van der Waals surface area contributed by atoms with Crippen molar-refractivity contribution in [2.24, 2.45) is 16.6 Å². The van der Waals surface area contributed by atoms with Gasteiger partial charge in [-0.15, -0.1) is 0 Å². The number of likely N-dealkylation sites (N-methyl/N-ethyl adjacent to an activating group) is 1. The third-order valence-corrected chi connectivity index (χ3v) is 22.2. The number of rotatable bonds is 20. The van der Waals surface area contributed by atoms with Crippen LogP contribution in [-0.4, -0.2) is 240 Å². The van der Waals surface area contributed by atoms with Crippen LogP contribution in [0, 0.1) is 0 Å². The number of ether oxygens (including phenoxy) is 2. The summed E-state index contributed by atoms with van der Waals surface area (Å²) in [5.74, 6) is 3.91. The fraction of sp³-hybridized carbons (Fsp3) is 0.659. The molecule has 656 valence electrons. The lowest BCUT2D eigenvalue weighted by Crippen LogP contribution is -2.37. The van der Waals surface area contributed by atoms with Crippen molar-refractivity contribution in [1.82, 2.24) is 58.7 Å². The van der Waals surface area contributed by atoms with Gasteiger partial charge in [0.25, 0.3) is 0 Å². The Morgan fingerprint density at radius 2 is 0.974 bits per heavy atom. The molecule has 115 heavy (non-hydrogen) atoms. The van der Waals surface area contributed by atoms with Gasteiger partial charge in [-0.25, -0.2) is 31.9 Å². The second kappa shape index (κ2) is 58.2. The molecule has 0 bridgehead atoms. The minimum Gasteiger partial charge on any atom is -0.383 e. The summed E-state index contributed by atoms with van der Waals surface area (Å²) in [6, 6.07) is 35.0. The minimum atomic E-state index is -3.58. The zero-order chi connectivity index (χ0) is 87.1. The summed E-state index contributed by atoms with van der Waals surface area (Å²) in [5, 5.41) is 8.46. The molecular weight excluding hydrogens is 1480 g/mol. The van der Waals surface area contributed by atoms with Gasteiger partial charge < -0.3 is 55.0 Å². The lowest BCUT2D eigenvalue weighted by molar-refractivity contribution is -0.132. The Morgan fingerprint density at radius 1 is 0.504 bits per heavy atom. The first-order chi connectivity index (χ1) is 54.0. The molecule has 1 atom stereocenters. The van der Waals surface area contributed by atoms with Crippen molar-refractivity contribution in [3.05, 3.63) is 167 Å². The molecule has 4 aliphatic rings. The predicted octanol–water partition coefficient (Wildman–Crippen LogP) is 15.1. The summed E-state index contributed by atoms with van der Waals surface area (Å²) in [6.07, 6.45) is 14.7. The van der Waals surface area contributed by atoms with Gasteiger partial charge in [-0.05, 0) is 246 Å². The molecule has 2 aromatic heterocycles. The van der Waals surface area contributed by atoms with Crippen LogP contribution < -0.4 is 21.9 Å². The number of carbonyl (C=O) groups excluding carboxylic acids is 1. The van der Waals surface area contributed by atoms with E-state index in [-0.39, 0.29) is 22.6 Å². The van der Waals surface area contributed by atoms with E-state index in [1.165, 1.54) is 113 Å². The molecule has 7 N–H and O–H groups in total. The molecule has 24 heteroatoms. The molecule has 4 fully saturated rings. The number of nitrogens with one attached hydrogen (secondary N) is 1. The summed E-state index contributed by atoms with van der Waals surface area (Å²) >= 11 is 0. The van der Waals surface area contributed by atoms with Gasteiger partial charge >= 0.3 is 0 Å². The van der Waals surface area contributed by atoms with Crippen LogP contribution >= 0.6 is 0 Å². The number of likely N-dealkylation sites (tertiary alicyclic amines) is 1. The first-order valence-corrected chi connectivity index (χ1v) is 45.8. The van der Waals surface area contributed by atoms with Crippen molar-refractivity contribution in [2.45, 2.75) is 273 Å². The topological polar surface area (TPSA) is 252 Å². The number of amides is 1. The number of sulfone groups is 1. The molecule has 6 aromatic rings. The average molecular weight is 1640 g/mol. The number of hydrogen-bond acceptors (Lipinski definition) is 18. The summed E-state index contributed by atoms with van der Waals surface area (Å²) in [5.41, 5.74) is 18.3. The average Bonchev–Trinajstić information content (AvgIpc) is 1.67. The first kappa shape index (κ1) is 107. The van der Waals surface area contributed by atoms with Crippen molar-refractivity contribution in [3.63, 3.8) is 0 Å². The zero-order valence-electron chi connectivity index (χ0n) is 76.8. The molecule has 4 aromatic carbocycles. The highest BCUT2D eigenvalue weighted by Crippen LogP contribution is 2.26. The Balaban J connectivity index is 0.000000640. The Hall–Kier alpha value is -5.81. The van der Waals surface area contributed by atoms with E-state index in [0.29, 0.717) is 79.7 Å². The highest BCUT2D eigenvalue weighted by Gasteiger charge is 2.26. The van der Waals surface area contributed by atoms with Crippen molar-refractivity contribution >= 4 is 25.8 Å². The monoisotopic (exact) mass is 1640 g/mol. The van der Waals surface area contributed by atoms with E-state index in [9.17, 15) is 21.6 Å². The molecule has 1 unspecified atom stereocenters. The standard InChI is InChI=1S/C12H19N.C10H15N.C10H14O2S.C9H17N3.C9H20N2.C9H13NO2S.C9H19NO.C8H18N2.C8H15NO2.C7H13N3/c1-10(2)12-8-6-5-7-11(12)9-13(3)4;1-8(2)10-6-4-3-5-9(10)7-11;1-8(2)9-6-4-5-7-10(9)13(3,11)12;1-8(2)12-6-5-10-9(12)7-11(3)4;1-9(2)11-6-4-5-10(3)7-8-11;1-7(2)8-5-3-4-6-9(8)13(10,11)12;1-8(2)10-6-4-5-9(10)7-11-3;1-8(2)10-6-3-4-9-5-7-10;1-7(2)9-4-6-11-5-3-8(9)10;1-6(2)10-4-3-9-7(10)5-8/h5-8,10H,9H2,1-4H3;3-6,8H,7,11H2,1-2H3;4-8H,1-3H3;5-6,8H,7H2,1-4H3;9H,4-8H2,1-3H3;3-7H,1-2H3,(H2,10,11,12);8-9H,4-7H2,1-3H3;8-9H,3-7H2,1-2H3;7H,3-6H2,1-2H3;3-4,6H,5,8H2,1-2H3. The van der Waals surface area contributed by atoms with Gasteiger partial charge in [0.1, 0.15) is 11.6 Å². The Bertz CT molecular complexity index is 3650. The van der Waals surface area contributed by atoms with E-state index in [4.69, 9.17) is 26.1 Å². The Morgan fingerprint density at radius 3 is 1.41 bits per heavy atom. The van der Waals surface area contributed by atoms with Gasteiger partial charge in [0.15, 0.2) is 9.84 Å². The van der Waals surface area contributed by atoms with E-state index in [1.54, 1.807) is 37.6 Å². The smallest absolute Gasteiger partial charge is 0.238 e. The van der Waals surface area contributed by atoms with E-state index in [1.807, 2.05) is 89.3 Å². The highest BCUT2D eigenvalue weighted by atomic mass is 32.2. The van der Waals surface area contributed by atoms with Crippen LogP contribution in [0.3, 0.4) is 0 Å². The van der Waals surface area contributed by atoms with E-state index in [2.05, 4.69) is 228 Å². The number of methoxy groups -OCH3 is 1. The molecular formula is C91H163N15O7S2. The lowest BCUT2D eigenvalue weighted by Gasteiger charge is -2.27. The van der Waals surface area contributed by atoms with E-state index < -0.39 is 19.9 Å². The van der Waals surface area contributed by atoms with Gasteiger partial charge in [-0.3, -0.25) is 19.5 Å². The van der Waals surface area contributed by atoms with Crippen molar-refractivity contribution in [3.8, 4) is 0 Å². The van der Waals surface area contributed by atoms with Crippen LogP contribution in [0.25, 0.3) is 0 Å². The summed E-state index contributed by atoms with van der Waals surface area (Å²) in [4.78, 5) is 36.6. The number of benzene rings is 4. The normalized spacial score (nSPS) is 16.0. The molecule has 4 aliphatic heterocycles. The number of aromatic nitrogens is 4. The van der Waals surface area contributed by atoms with Crippen molar-refractivity contribution in [2.75, 3.05) is 134 Å². The van der Waals surface area contributed by atoms with Gasteiger partial charge in [-0.2, -0.15) is 0 Å². The van der Waals surface area contributed by atoms with Gasteiger partial charge in [0.2, 0.25) is 15.9 Å².